The van der Waals surface area contributed by atoms with Gasteiger partial charge in [0.25, 0.3) is 11.6 Å². The zero-order chi connectivity index (χ0) is 23.4. The van der Waals surface area contributed by atoms with Crippen LogP contribution in [0.1, 0.15) is 17.3 Å². The summed E-state index contributed by atoms with van der Waals surface area (Å²) in [6.45, 7) is 7.01. The van der Waals surface area contributed by atoms with Crippen LogP contribution in [-0.2, 0) is 0 Å². The Balaban J connectivity index is 1.28. The number of rotatable bonds is 8. The van der Waals surface area contributed by atoms with Crippen LogP contribution in [0.3, 0.4) is 0 Å². The van der Waals surface area contributed by atoms with E-state index in [0.29, 0.717) is 19.7 Å². The van der Waals surface area contributed by atoms with Crippen molar-refractivity contribution in [3.63, 3.8) is 0 Å². The van der Waals surface area contributed by atoms with Crippen molar-refractivity contribution >= 4 is 49.9 Å². The third-order valence-electron chi connectivity index (χ3n) is 5.42. The summed E-state index contributed by atoms with van der Waals surface area (Å²) in [6.07, 6.45) is 0. The molecular formula is C22H24ClN5O4S. The Morgan fingerprint density at radius 1 is 1.24 bits per heavy atom. The van der Waals surface area contributed by atoms with Gasteiger partial charge in [-0.2, -0.15) is 0 Å². The summed E-state index contributed by atoms with van der Waals surface area (Å²) in [5.41, 5.74) is 0.689. The monoisotopic (exact) mass is 489 g/mol. The number of benzene rings is 2. The van der Waals surface area contributed by atoms with Crippen molar-refractivity contribution in [2.45, 2.75) is 6.92 Å². The van der Waals surface area contributed by atoms with Gasteiger partial charge in [0.15, 0.2) is 5.13 Å². The van der Waals surface area contributed by atoms with Crippen molar-refractivity contribution < 1.29 is 14.5 Å². The molecule has 2 heterocycles. The van der Waals surface area contributed by atoms with E-state index >= 15 is 0 Å². The highest BCUT2D eigenvalue weighted by Crippen LogP contribution is 2.32. The lowest BCUT2D eigenvalue weighted by molar-refractivity contribution is -0.385. The number of nitrogens with zero attached hydrogens (tertiary/aromatic N) is 4. The van der Waals surface area contributed by atoms with E-state index in [1.54, 1.807) is 11.3 Å². The predicted molar refractivity (Wildman–Crippen MR) is 130 cm³/mol. The number of aromatic nitrogens is 1. The third kappa shape index (κ3) is 5.52. The number of carbonyl (C=O) groups is 1. The first kappa shape index (κ1) is 23.2. The first-order valence-electron chi connectivity index (χ1n) is 10.7. The number of piperazine rings is 1. The number of nitro benzene ring substituents is 1. The van der Waals surface area contributed by atoms with Crippen LogP contribution in [0.5, 0.6) is 5.75 Å². The van der Waals surface area contributed by atoms with Gasteiger partial charge in [-0.05, 0) is 37.3 Å². The van der Waals surface area contributed by atoms with Crippen LogP contribution in [-0.4, -0.2) is 66.6 Å². The molecule has 0 aliphatic carbocycles. The van der Waals surface area contributed by atoms with Crippen LogP contribution in [0.4, 0.5) is 10.8 Å². The van der Waals surface area contributed by atoms with E-state index in [4.69, 9.17) is 21.3 Å². The molecule has 33 heavy (non-hydrogen) atoms. The average Bonchev–Trinajstić information content (AvgIpc) is 3.23. The number of hydrogen-bond donors (Lipinski definition) is 1. The lowest BCUT2D eigenvalue weighted by Crippen LogP contribution is -2.48. The molecule has 1 aromatic heterocycles. The molecular weight excluding hydrogens is 466 g/mol. The molecule has 0 unspecified atom stereocenters. The summed E-state index contributed by atoms with van der Waals surface area (Å²) < 4.78 is 6.69. The number of anilines is 1. The second-order valence-electron chi connectivity index (χ2n) is 7.56. The third-order valence-corrected chi connectivity index (χ3v) is 6.73. The van der Waals surface area contributed by atoms with Gasteiger partial charge in [0.05, 0.1) is 21.7 Å². The van der Waals surface area contributed by atoms with Crippen molar-refractivity contribution in [2.75, 3.05) is 50.8 Å². The second-order valence-corrected chi connectivity index (χ2v) is 9.01. The topological polar surface area (TPSA) is 101 Å². The largest absolute Gasteiger partial charge is 0.494 e. The van der Waals surface area contributed by atoms with Gasteiger partial charge in [-0.15, -0.1) is 0 Å². The molecule has 0 spiro atoms. The van der Waals surface area contributed by atoms with Gasteiger partial charge in [0.1, 0.15) is 11.3 Å². The van der Waals surface area contributed by atoms with Crippen LogP contribution >= 0.6 is 22.9 Å². The Morgan fingerprint density at radius 3 is 2.76 bits per heavy atom. The molecule has 0 atom stereocenters. The van der Waals surface area contributed by atoms with E-state index in [9.17, 15) is 14.9 Å². The molecule has 0 bridgehead atoms. The lowest BCUT2D eigenvalue weighted by Gasteiger charge is -2.34. The maximum absolute atomic E-state index is 12.4. The molecule has 4 rings (SSSR count). The fourth-order valence-electron chi connectivity index (χ4n) is 3.72. The Hall–Kier alpha value is -2.95. The number of thiazole rings is 1. The normalized spacial score (nSPS) is 14.4. The number of carbonyl (C=O) groups excluding carboxylic acids is 1. The predicted octanol–water partition coefficient (Wildman–Crippen LogP) is 3.81. The van der Waals surface area contributed by atoms with Crippen molar-refractivity contribution in [1.29, 1.82) is 0 Å². The first-order chi connectivity index (χ1) is 15.9. The van der Waals surface area contributed by atoms with Gasteiger partial charge in [0, 0.05) is 50.4 Å². The van der Waals surface area contributed by atoms with E-state index in [-0.39, 0.29) is 16.3 Å². The zero-order valence-corrected chi connectivity index (χ0v) is 19.7. The van der Waals surface area contributed by atoms with Gasteiger partial charge in [-0.3, -0.25) is 19.8 Å². The molecule has 3 aromatic rings. The average molecular weight is 490 g/mol. The summed E-state index contributed by atoms with van der Waals surface area (Å²) in [4.78, 5) is 32.3. The number of nitro groups is 1. The quantitative estimate of drug-likeness (QED) is 0.379. The van der Waals surface area contributed by atoms with Crippen molar-refractivity contribution in [3.05, 3.63) is 57.1 Å². The van der Waals surface area contributed by atoms with Gasteiger partial charge < -0.3 is 15.0 Å². The standard InChI is InChI=1S/C22H24ClN5O4S/c1-2-32-16-4-5-18-20(14-16)33-22(25-18)27-11-9-26(10-12-27)8-7-24-21(29)17-13-15(23)3-6-19(17)28(30)31/h3-6,13-14H,2,7-12H2,1H3,(H,24,29). The van der Waals surface area contributed by atoms with Crippen molar-refractivity contribution in [3.8, 4) is 5.75 Å². The maximum atomic E-state index is 12.4. The van der Waals surface area contributed by atoms with Crippen LogP contribution < -0.4 is 15.0 Å². The van der Waals surface area contributed by atoms with Gasteiger partial charge in [0.2, 0.25) is 0 Å². The smallest absolute Gasteiger partial charge is 0.282 e. The molecule has 1 N–H and O–H groups in total. The van der Waals surface area contributed by atoms with Gasteiger partial charge in [-0.1, -0.05) is 22.9 Å². The number of halogens is 1. The van der Waals surface area contributed by atoms with Crippen LogP contribution in [0.25, 0.3) is 10.2 Å². The van der Waals surface area contributed by atoms with Crippen LogP contribution in [0.2, 0.25) is 5.02 Å². The lowest BCUT2D eigenvalue weighted by atomic mass is 10.1. The Bertz CT molecular complexity index is 1160. The maximum Gasteiger partial charge on any atom is 0.282 e. The Morgan fingerprint density at radius 2 is 2.03 bits per heavy atom. The molecule has 9 nitrogen and oxygen atoms in total. The number of amides is 1. The fraction of sp³-hybridized carbons (Fsp3) is 0.364. The summed E-state index contributed by atoms with van der Waals surface area (Å²) in [6, 6.07) is 9.94. The highest BCUT2D eigenvalue weighted by molar-refractivity contribution is 7.22. The molecule has 0 radical (unpaired) electrons. The number of fused-ring (bicyclic) bond motifs is 1. The molecule has 0 saturated carbocycles. The molecule has 2 aromatic carbocycles. The Kier molecular flexibility index (Phi) is 7.26. The second kappa shape index (κ2) is 10.3. The summed E-state index contributed by atoms with van der Waals surface area (Å²) in [7, 11) is 0. The minimum atomic E-state index is -0.579. The van der Waals surface area contributed by atoms with Gasteiger partial charge >= 0.3 is 0 Å². The molecule has 1 aliphatic heterocycles. The SMILES string of the molecule is CCOc1ccc2nc(N3CCN(CCNC(=O)c4cc(Cl)ccc4[N+](=O)[O-])CC3)sc2c1. The number of ether oxygens (including phenoxy) is 1. The summed E-state index contributed by atoms with van der Waals surface area (Å²) in [5.74, 6) is 0.360. The highest BCUT2D eigenvalue weighted by atomic mass is 35.5. The van der Waals surface area contributed by atoms with Crippen molar-refractivity contribution in [1.82, 2.24) is 15.2 Å². The van der Waals surface area contributed by atoms with Gasteiger partial charge in [-0.25, -0.2) is 4.98 Å². The fourth-order valence-corrected chi connectivity index (χ4v) is 4.94. The van der Waals surface area contributed by atoms with Crippen LogP contribution in [0.15, 0.2) is 36.4 Å². The van der Waals surface area contributed by atoms with E-state index in [0.717, 1.165) is 47.3 Å². The molecule has 174 valence electrons. The first-order valence-corrected chi connectivity index (χ1v) is 11.9. The minimum absolute atomic E-state index is 0.0272. The minimum Gasteiger partial charge on any atom is -0.494 e. The Labute approximate surface area is 200 Å². The summed E-state index contributed by atoms with van der Waals surface area (Å²) >= 11 is 7.57. The molecule has 1 aliphatic rings. The van der Waals surface area contributed by atoms with Crippen LogP contribution in [0, 0.1) is 10.1 Å². The molecule has 1 amide bonds. The van der Waals surface area contributed by atoms with E-state index in [1.165, 1.54) is 18.2 Å². The summed E-state index contributed by atoms with van der Waals surface area (Å²) in [5, 5.41) is 15.2. The molecule has 1 saturated heterocycles. The zero-order valence-electron chi connectivity index (χ0n) is 18.1. The van der Waals surface area contributed by atoms with Crippen molar-refractivity contribution in [2.24, 2.45) is 0 Å². The van der Waals surface area contributed by atoms with E-state index in [2.05, 4.69) is 15.1 Å². The number of nitrogens with one attached hydrogen (secondary N) is 1. The molecule has 11 heteroatoms. The highest BCUT2D eigenvalue weighted by Gasteiger charge is 2.22. The number of hydrogen-bond acceptors (Lipinski definition) is 8. The van der Waals surface area contributed by atoms with E-state index < -0.39 is 10.8 Å². The van der Waals surface area contributed by atoms with E-state index in [1.807, 2.05) is 25.1 Å². The molecule has 1 fully saturated rings.